The van der Waals surface area contributed by atoms with Gasteiger partial charge in [-0.15, -0.1) is 0 Å². The molecule has 2 N–H and O–H groups in total. The van der Waals surface area contributed by atoms with Crippen molar-refractivity contribution >= 4 is 23.3 Å². The molecular weight excluding hydrogens is 292 g/mol. The standard InChI is InChI=1S/C14H17ClN4O2/c1-21-13-4-3-11(9-12(13)15)18-14(20)17-5-2-7-19-8-6-16-10-19/h3-4,6,8-10H,2,5,7H2,1H3,(H2,17,18,20). The number of nitrogens with zero attached hydrogens (tertiary/aromatic N) is 2. The van der Waals surface area contributed by atoms with Gasteiger partial charge in [-0.05, 0) is 24.6 Å². The molecule has 0 saturated heterocycles. The number of methoxy groups -OCH3 is 1. The highest BCUT2D eigenvalue weighted by Gasteiger charge is 2.05. The molecule has 7 heteroatoms. The number of ether oxygens (including phenoxy) is 1. The monoisotopic (exact) mass is 308 g/mol. The van der Waals surface area contributed by atoms with Gasteiger partial charge in [0, 0.05) is 31.2 Å². The number of imidazole rings is 1. The Kier molecular flexibility index (Phi) is 5.45. The van der Waals surface area contributed by atoms with Crippen LogP contribution < -0.4 is 15.4 Å². The Morgan fingerprint density at radius 2 is 2.33 bits per heavy atom. The number of benzene rings is 1. The van der Waals surface area contributed by atoms with Crippen molar-refractivity contribution in [2.75, 3.05) is 19.0 Å². The zero-order valence-corrected chi connectivity index (χ0v) is 12.4. The molecule has 0 fully saturated rings. The minimum Gasteiger partial charge on any atom is -0.495 e. The van der Waals surface area contributed by atoms with Gasteiger partial charge in [0.1, 0.15) is 5.75 Å². The topological polar surface area (TPSA) is 68.2 Å². The number of halogens is 1. The fraction of sp³-hybridized carbons (Fsp3) is 0.286. The lowest BCUT2D eigenvalue weighted by Crippen LogP contribution is -2.30. The molecule has 21 heavy (non-hydrogen) atoms. The summed E-state index contributed by atoms with van der Waals surface area (Å²) in [6, 6.07) is 4.82. The summed E-state index contributed by atoms with van der Waals surface area (Å²) in [7, 11) is 1.54. The van der Waals surface area contributed by atoms with Gasteiger partial charge in [-0.3, -0.25) is 0 Å². The zero-order chi connectivity index (χ0) is 15.1. The number of anilines is 1. The molecule has 0 saturated carbocycles. The maximum Gasteiger partial charge on any atom is 0.319 e. The average molecular weight is 309 g/mol. The third-order valence-electron chi connectivity index (χ3n) is 2.85. The molecule has 0 radical (unpaired) electrons. The number of carbonyl (C=O) groups is 1. The van der Waals surface area contributed by atoms with Crippen LogP contribution >= 0.6 is 11.6 Å². The second kappa shape index (κ2) is 7.54. The number of aryl methyl sites for hydroxylation is 1. The van der Waals surface area contributed by atoms with E-state index in [1.54, 1.807) is 37.8 Å². The van der Waals surface area contributed by atoms with Crippen LogP contribution in [0.5, 0.6) is 5.75 Å². The van der Waals surface area contributed by atoms with Crippen LogP contribution in [-0.4, -0.2) is 29.2 Å². The number of aromatic nitrogens is 2. The molecule has 2 aromatic rings. The van der Waals surface area contributed by atoms with Crippen molar-refractivity contribution in [3.05, 3.63) is 41.9 Å². The Labute approximate surface area is 128 Å². The average Bonchev–Trinajstić information content (AvgIpc) is 2.97. The summed E-state index contributed by atoms with van der Waals surface area (Å²) in [6.07, 6.45) is 6.19. The molecule has 6 nitrogen and oxygen atoms in total. The van der Waals surface area contributed by atoms with Gasteiger partial charge in [-0.2, -0.15) is 0 Å². The van der Waals surface area contributed by atoms with E-state index in [1.807, 2.05) is 10.8 Å². The Hall–Kier alpha value is -2.21. The summed E-state index contributed by atoms with van der Waals surface area (Å²) in [5.41, 5.74) is 0.618. The normalized spacial score (nSPS) is 10.2. The van der Waals surface area contributed by atoms with Crippen LogP contribution in [0.4, 0.5) is 10.5 Å². The molecule has 2 rings (SSSR count). The van der Waals surface area contributed by atoms with Crippen LogP contribution in [0, 0.1) is 0 Å². The molecule has 1 aromatic carbocycles. The van der Waals surface area contributed by atoms with Crippen LogP contribution in [0.2, 0.25) is 5.02 Å². The van der Waals surface area contributed by atoms with Crippen molar-refractivity contribution in [1.82, 2.24) is 14.9 Å². The van der Waals surface area contributed by atoms with E-state index >= 15 is 0 Å². The first kappa shape index (κ1) is 15.2. The second-order valence-electron chi connectivity index (χ2n) is 4.38. The third kappa shape index (κ3) is 4.68. The van der Waals surface area contributed by atoms with E-state index in [0.717, 1.165) is 13.0 Å². The van der Waals surface area contributed by atoms with Gasteiger partial charge in [0.25, 0.3) is 0 Å². The van der Waals surface area contributed by atoms with Crippen molar-refractivity contribution in [3.63, 3.8) is 0 Å². The molecule has 0 unspecified atom stereocenters. The van der Waals surface area contributed by atoms with E-state index in [4.69, 9.17) is 16.3 Å². The largest absolute Gasteiger partial charge is 0.495 e. The minimum atomic E-state index is -0.262. The fourth-order valence-corrected chi connectivity index (χ4v) is 2.06. The van der Waals surface area contributed by atoms with Gasteiger partial charge < -0.3 is 19.9 Å². The number of amides is 2. The van der Waals surface area contributed by atoms with E-state index < -0.39 is 0 Å². The summed E-state index contributed by atoms with van der Waals surface area (Å²) >= 11 is 5.99. The van der Waals surface area contributed by atoms with Crippen molar-refractivity contribution < 1.29 is 9.53 Å². The lowest BCUT2D eigenvalue weighted by molar-refractivity contribution is 0.252. The molecule has 0 spiro atoms. The number of hydrogen-bond acceptors (Lipinski definition) is 3. The predicted molar refractivity (Wildman–Crippen MR) is 81.9 cm³/mol. The van der Waals surface area contributed by atoms with Crippen LogP contribution in [0.25, 0.3) is 0 Å². The minimum absolute atomic E-state index is 0.262. The molecule has 0 atom stereocenters. The third-order valence-corrected chi connectivity index (χ3v) is 3.14. The van der Waals surface area contributed by atoms with Crippen LogP contribution in [0.3, 0.4) is 0 Å². The Morgan fingerprint density at radius 3 is 3.00 bits per heavy atom. The number of carbonyl (C=O) groups excluding carboxylic acids is 1. The van der Waals surface area contributed by atoms with E-state index in [1.165, 1.54) is 0 Å². The summed E-state index contributed by atoms with van der Waals surface area (Å²) in [4.78, 5) is 15.7. The molecule has 0 bridgehead atoms. The number of urea groups is 1. The van der Waals surface area contributed by atoms with Gasteiger partial charge in [0.2, 0.25) is 0 Å². The highest BCUT2D eigenvalue weighted by atomic mass is 35.5. The molecule has 0 aliphatic carbocycles. The van der Waals surface area contributed by atoms with Crippen molar-refractivity contribution in [2.45, 2.75) is 13.0 Å². The second-order valence-corrected chi connectivity index (χ2v) is 4.79. The highest BCUT2D eigenvalue weighted by molar-refractivity contribution is 6.32. The van der Waals surface area contributed by atoms with E-state index in [-0.39, 0.29) is 6.03 Å². The van der Waals surface area contributed by atoms with Gasteiger partial charge in [0.05, 0.1) is 18.5 Å². The molecule has 1 heterocycles. The first-order valence-electron chi connectivity index (χ1n) is 6.53. The predicted octanol–water partition coefficient (Wildman–Crippen LogP) is 2.76. The summed E-state index contributed by atoms with van der Waals surface area (Å²) in [6.45, 7) is 1.39. The zero-order valence-electron chi connectivity index (χ0n) is 11.7. The van der Waals surface area contributed by atoms with Crippen LogP contribution in [-0.2, 0) is 6.54 Å². The van der Waals surface area contributed by atoms with Crippen LogP contribution in [0.15, 0.2) is 36.9 Å². The number of hydrogen-bond donors (Lipinski definition) is 2. The molecule has 0 aliphatic rings. The summed E-state index contributed by atoms with van der Waals surface area (Å²) in [5, 5.41) is 5.96. The molecule has 2 amide bonds. The highest BCUT2D eigenvalue weighted by Crippen LogP contribution is 2.27. The first-order valence-corrected chi connectivity index (χ1v) is 6.91. The molecular formula is C14H17ClN4O2. The summed E-state index contributed by atoms with van der Waals surface area (Å²) in [5.74, 6) is 0.572. The molecule has 112 valence electrons. The smallest absolute Gasteiger partial charge is 0.319 e. The van der Waals surface area contributed by atoms with E-state index in [2.05, 4.69) is 15.6 Å². The molecule has 0 aliphatic heterocycles. The van der Waals surface area contributed by atoms with E-state index in [0.29, 0.717) is 23.0 Å². The van der Waals surface area contributed by atoms with Gasteiger partial charge >= 0.3 is 6.03 Å². The lowest BCUT2D eigenvalue weighted by atomic mass is 10.3. The van der Waals surface area contributed by atoms with Crippen molar-refractivity contribution in [1.29, 1.82) is 0 Å². The quantitative estimate of drug-likeness (QED) is 0.806. The Balaban J connectivity index is 1.72. The maximum atomic E-state index is 11.7. The first-order chi connectivity index (χ1) is 10.2. The van der Waals surface area contributed by atoms with Gasteiger partial charge in [-0.1, -0.05) is 11.6 Å². The summed E-state index contributed by atoms with van der Waals surface area (Å²) < 4.78 is 7.01. The van der Waals surface area contributed by atoms with Gasteiger partial charge in [-0.25, -0.2) is 9.78 Å². The SMILES string of the molecule is COc1ccc(NC(=O)NCCCn2ccnc2)cc1Cl. The fourth-order valence-electron chi connectivity index (χ4n) is 1.80. The number of nitrogens with one attached hydrogen (secondary N) is 2. The van der Waals surface area contributed by atoms with Crippen molar-refractivity contribution in [3.8, 4) is 5.75 Å². The Bertz CT molecular complexity index is 587. The number of rotatable bonds is 6. The van der Waals surface area contributed by atoms with E-state index in [9.17, 15) is 4.79 Å². The van der Waals surface area contributed by atoms with Crippen molar-refractivity contribution in [2.24, 2.45) is 0 Å². The van der Waals surface area contributed by atoms with Crippen LogP contribution in [0.1, 0.15) is 6.42 Å². The lowest BCUT2D eigenvalue weighted by Gasteiger charge is -2.09. The Morgan fingerprint density at radius 1 is 1.48 bits per heavy atom. The van der Waals surface area contributed by atoms with Gasteiger partial charge in [0.15, 0.2) is 0 Å². The molecule has 1 aromatic heterocycles. The maximum absolute atomic E-state index is 11.7.